The molecule has 2 heterocycles. The van der Waals surface area contributed by atoms with Crippen molar-refractivity contribution in [3.05, 3.63) is 84.9 Å². The standard InChI is InChI=1S/C18H16ClN5O3/c1-10-7-11(2)22-17(21-10)23-15(25)13-8-20-18(27)24(16(13)26)9-12-5-3-4-6-14(12)19/h3-8H,9H2,1-2H3,(H,20,27)(H,21,22,23,25). The van der Waals surface area contributed by atoms with Crippen LogP contribution in [0.3, 0.4) is 0 Å². The van der Waals surface area contributed by atoms with E-state index < -0.39 is 17.2 Å². The number of aromatic amines is 1. The lowest BCUT2D eigenvalue weighted by Gasteiger charge is -2.09. The number of aryl methyl sites for hydroxylation is 2. The smallest absolute Gasteiger partial charge is 0.313 e. The lowest BCUT2D eigenvalue weighted by Crippen LogP contribution is -2.39. The second-order valence-corrected chi connectivity index (χ2v) is 6.33. The Morgan fingerprint density at radius 3 is 2.52 bits per heavy atom. The first kappa shape index (κ1) is 18.5. The minimum Gasteiger partial charge on any atom is -0.313 e. The van der Waals surface area contributed by atoms with Crippen molar-refractivity contribution in [2.24, 2.45) is 0 Å². The summed E-state index contributed by atoms with van der Waals surface area (Å²) in [5.74, 6) is -0.630. The minimum absolute atomic E-state index is 0.0605. The van der Waals surface area contributed by atoms with Crippen molar-refractivity contribution in [2.45, 2.75) is 20.4 Å². The summed E-state index contributed by atoms with van der Waals surface area (Å²) in [7, 11) is 0. The Balaban J connectivity index is 1.95. The van der Waals surface area contributed by atoms with E-state index in [1.807, 2.05) is 0 Å². The molecule has 0 radical (unpaired) electrons. The molecule has 0 bridgehead atoms. The fourth-order valence-corrected chi connectivity index (χ4v) is 2.76. The number of anilines is 1. The van der Waals surface area contributed by atoms with Crippen LogP contribution in [0.2, 0.25) is 5.02 Å². The number of carbonyl (C=O) groups excluding carboxylic acids is 1. The molecule has 0 unspecified atom stereocenters. The molecule has 8 nitrogen and oxygen atoms in total. The Kier molecular flexibility index (Phi) is 5.18. The lowest BCUT2D eigenvalue weighted by molar-refractivity contribution is 0.102. The monoisotopic (exact) mass is 385 g/mol. The van der Waals surface area contributed by atoms with E-state index in [4.69, 9.17) is 11.6 Å². The van der Waals surface area contributed by atoms with Crippen LogP contribution in [0, 0.1) is 13.8 Å². The van der Waals surface area contributed by atoms with E-state index in [-0.39, 0.29) is 18.1 Å². The molecule has 3 rings (SSSR count). The number of hydrogen-bond acceptors (Lipinski definition) is 5. The van der Waals surface area contributed by atoms with E-state index in [0.717, 1.165) is 10.8 Å². The van der Waals surface area contributed by atoms with Crippen molar-refractivity contribution in [3.8, 4) is 0 Å². The molecular formula is C18H16ClN5O3. The zero-order valence-corrected chi connectivity index (χ0v) is 15.4. The van der Waals surface area contributed by atoms with E-state index >= 15 is 0 Å². The SMILES string of the molecule is Cc1cc(C)nc(NC(=O)c2c[nH]c(=O)n(Cc3ccccc3Cl)c2=O)n1. The molecule has 9 heteroatoms. The third-order valence-corrected chi connectivity index (χ3v) is 4.17. The number of halogens is 1. The highest BCUT2D eigenvalue weighted by Gasteiger charge is 2.17. The molecule has 27 heavy (non-hydrogen) atoms. The second-order valence-electron chi connectivity index (χ2n) is 5.92. The molecule has 1 amide bonds. The van der Waals surface area contributed by atoms with Gasteiger partial charge in [0.1, 0.15) is 5.56 Å². The van der Waals surface area contributed by atoms with Crippen molar-refractivity contribution in [3.63, 3.8) is 0 Å². The first-order chi connectivity index (χ1) is 12.8. The molecule has 3 aromatic rings. The maximum atomic E-state index is 12.7. The molecule has 2 N–H and O–H groups in total. The maximum Gasteiger partial charge on any atom is 0.328 e. The van der Waals surface area contributed by atoms with E-state index in [2.05, 4.69) is 20.3 Å². The maximum absolute atomic E-state index is 12.7. The van der Waals surface area contributed by atoms with Crippen LogP contribution in [0.4, 0.5) is 5.95 Å². The third kappa shape index (κ3) is 4.12. The van der Waals surface area contributed by atoms with Gasteiger partial charge in [0.05, 0.1) is 6.54 Å². The zero-order valence-electron chi connectivity index (χ0n) is 14.6. The molecule has 0 aliphatic rings. The van der Waals surface area contributed by atoms with Crippen molar-refractivity contribution >= 4 is 23.5 Å². The lowest BCUT2D eigenvalue weighted by atomic mass is 10.2. The molecule has 0 saturated carbocycles. The Hall–Kier alpha value is -3.26. The van der Waals surface area contributed by atoms with Gasteiger partial charge in [0, 0.05) is 22.6 Å². The number of aromatic nitrogens is 4. The van der Waals surface area contributed by atoms with Gasteiger partial charge < -0.3 is 4.98 Å². The van der Waals surface area contributed by atoms with Crippen LogP contribution in [0.15, 0.2) is 46.1 Å². The molecule has 0 aliphatic carbocycles. The average molecular weight is 386 g/mol. The number of nitrogens with zero attached hydrogens (tertiary/aromatic N) is 3. The van der Waals surface area contributed by atoms with Crippen LogP contribution in [0.5, 0.6) is 0 Å². The number of benzene rings is 1. The Bertz CT molecular complexity index is 1120. The highest BCUT2D eigenvalue weighted by Crippen LogP contribution is 2.15. The van der Waals surface area contributed by atoms with Crippen LogP contribution in [-0.2, 0) is 6.54 Å². The number of hydrogen-bond donors (Lipinski definition) is 2. The zero-order chi connectivity index (χ0) is 19.6. The van der Waals surface area contributed by atoms with Gasteiger partial charge in [-0.2, -0.15) is 0 Å². The summed E-state index contributed by atoms with van der Waals surface area (Å²) < 4.78 is 0.915. The molecule has 0 atom stereocenters. The molecule has 138 valence electrons. The van der Waals surface area contributed by atoms with Crippen molar-refractivity contribution in [1.82, 2.24) is 19.5 Å². The predicted molar refractivity (Wildman–Crippen MR) is 101 cm³/mol. The predicted octanol–water partition coefficient (Wildman–Crippen LogP) is 1.90. The van der Waals surface area contributed by atoms with E-state index in [0.29, 0.717) is 22.0 Å². The molecule has 0 saturated heterocycles. The fraction of sp³-hybridized carbons (Fsp3) is 0.167. The molecule has 0 fully saturated rings. The summed E-state index contributed by atoms with van der Waals surface area (Å²) in [5, 5.41) is 2.90. The Morgan fingerprint density at radius 1 is 1.19 bits per heavy atom. The topological polar surface area (TPSA) is 110 Å². The van der Waals surface area contributed by atoms with Gasteiger partial charge in [0.15, 0.2) is 0 Å². The molecule has 0 aliphatic heterocycles. The molecule has 0 spiro atoms. The Morgan fingerprint density at radius 2 is 1.85 bits per heavy atom. The largest absolute Gasteiger partial charge is 0.328 e. The van der Waals surface area contributed by atoms with Gasteiger partial charge in [-0.3, -0.25) is 19.5 Å². The minimum atomic E-state index is -0.736. The number of rotatable bonds is 4. The second kappa shape index (κ2) is 7.55. The van der Waals surface area contributed by atoms with Gasteiger partial charge >= 0.3 is 5.69 Å². The van der Waals surface area contributed by atoms with Crippen molar-refractivity contribution < 1.29 is 4.79 Å². The normalized spacial score (nSPS) is 10.6. The Labute approximate surface area is 158 Å². The average Bonchev–Trinajstić information content (AvgIpc) is 2.59. The quantitative estimate of drug-likeness (QED) is 0.712. The number of nitrogens with one attached hydrogen (secondary N) is 2. The summed E-state index contributed by atoms with van der Waals surface area (Å²) in [6.45, 7) is 3.47. The van der Waals surface area contributed by atoms with Gasteiger partial charge in [-0.05, 0) is 31.5 Å². The first-order valence-electron chi connectivity index (χ1n) is 8.04. The van der Waals surface area contributed by atoms with E-state index in [1.54, 1.807) is 44.2 Å². The molecule has 1 aromatic carbocycles. The molecule has 2 aromatic heterocycles. The van der Waals surface area contributed by atoms with Crippen LogP contribution >= 0.6 is 11.6 Å². The highest BCUT2D eigenvalue weighted by molar-refractivity contribution is 6.31. The van der Waals surface area contributed by atoms with Crippen LogP contribution in [-0.4, -0.2) is 25.4 Å². The van der Waals surface area contributed by atoms with Gasteiger partial charge in [-0.15, -0.1) is 0 Å². The van der Waals surface area contributed by atoms with Crippen LogP contribution in [0.25, 0.3) is 0 Å². The summed E-state index contributed by atoms with van der Waals surface area (Å²) >= 11 is 6.09. The molecular weight excluding hydrogens is 370 g/mol. The van der Waals surface area contributed by atoms with Crippen molar-refractivity contribution in [2.75, 3.05) is 5.32 Å². The van der Waals surface area contributed by atoms with E-state index in [1.165, 1.54) is 0 Å². The summed E-state index contributed by atoms with van der Waals surface area (Å²) in [4.78, 5) is 47.9. The first-order valence-corrected chi connectivity index (χ1v) is 8.42. The van der Waals surface area contributed by atoms with Gasteiger partial charge in [0.25, 0.3) is 11.5 Å². The van der Waals surface area contributed by atoms with Crippen molar-refractivity contribution in [1.29, 1.82) is 0 Å². The van der Waals surface area contributed by atoms with Gasteiger partial charge in [0.2, 0.25) is 5.95 Å². The summed E-state index contributed by atoms with van der Waals surface area (Å²) in [6, 6.07) is 8.60. The van der Waals surface area contributed by atoms with Crippen LogP contribution < -0.4 is 16.6 Å². The van der Waals surface area contributed by atoms with Gasteiger partial charge in [-0.25, -0.2) is 14.8 Å². The highest BCUT2D eigenvalue weighted by atomic mass is 35.5. The van der Waals surface area contributed by atoms with Gasteiger partial charge in [-0.1, -0.05) is 29.8 Å². The number of H-pyrrole nitrogens is 1. The summed E-state index contributed by atoms with van der Waals surface area (Å²) in [5.41, 5.74) is 0.330. The summed E-state index contributed by atoms with van der Waals surface area (Å²) in [6.07, 6.45) is 1.08. The van der Waals surface area contributed by atoms with E-state index in [9.17, 15) is 14.4 Å². The number of carbonyl (C=O) groups is 1. The number of amides is 1. The third-order valence-electron chi connectivity index (χ3n) is 3.80. The fourth-order valence-electron chi connectivity index (χ4n) is 2.57. The van der Waals surface area contributed by atoms with Crippen LogP contribution in [0.1, 0.15) is 27.3 Å².